The van der Waals surface area contributed by atoms with Gasteiger partial charge in [-0.25, -0.2) is 4.79 Å². The Bertz CT molecular complexity index is 666. The number of rotatable bonds is 3. The Morgan fingerprint density at radius 2 is 2.17 bits per heavy atom. The summed E-state index contributed by atoms with van der Waals surface area (Å²) in [5.74, 6) is 0.634. The predicted octanol–water partition coefficient (Wildman–Crippen LogP) is 2.58. The van der Waals surface area contributed by atoms with E-state index >= 15 is 0 Å². The molecule has 0 saturated carbocycles. The molecular formula is C17H21N3O3. The summed E-state index contributed by atoms with van der Waals surface area (Å²) in [5, 5.41) is 6.92. The van der Waals surface area contributed by atoms with Gasteiger partial charge in [0.1, 0.15) is 5.69 Å². The van der Waals surface area contributed by atoms with E-state index in [4.69, 9.17) is 9.26 Å². The van der Waals surface area contributed by atoms with Gasteiger partial charge in [0.15, 0.2) is 5.76 Å². The molecule has 1 atom stereocenters. The summed E-state index contributed by atoms with van der Waals surface area (Å²) >= 11 is 0. The van der Waals surface area contributed by atoms with E-state index < -0.39 is 0 Å². The number of urea groups is 1. The smallest absolute Gasteiger partial charge is 0.317 e. The number of nitrogens with one attached hydrogen (secondary N) is 1. The van der Waals surface area contributed by atoms with Gasteiger partial charge in [-0.3, -0.25) is 0 Å². The molecule has 1 N–H and O–H groups in total. The highest BCUT2D eigenvalue weighted by Gasteiger charge is 2.21. The Morgan fingerprint density at radius 3 is 2.91 bits per heavy atom. The van der Waals surface area contributed by atoms with Crippen LogP contribution in [-0.4, -0.2) is 41.9 Å². The number of amides is 2. The maximum absolute atomic E-state index is 12.1. The van der Waals surface area contributed by atoms with Crippen LogP contribution in [0.2, 0.25) is 0 Å². The number of aromatic nitrogens is 1. The summed E-state index contributed by atoms with van der Waals surface area (Å²) < 4.78 is 10.7. The second-order valence-corrected chi connectivity index (χ2v) is 5.83. The van der Waals surface area contributed by atoms with E-state index in [2.05, 4.69) is 10.5 Å². The molecular weight excluding hydrogens is 294 g/mol. The van der Waals surface area contributed by atoms with Gasteiger partial charge in [-0.05, 0) is 13.8 Å². The number of ether oxygens (including phenoxy) is 1. The lowest BCUT2D eigenvalue weighted by Crippen LogP contribution is -2.48. The fourth-order valence-corrected chi connectivity index (χ4v) is 2.53. The molecule has 2 aromatic rings. The summed E-state index contributed by atoms with van der Waals surface area (Å²) in [6.07, 6.45) is 0.0768. The molecule has 0 bridgehead atoms. The second kappa shape index (κ2) is 6.83. The van der Waals surface area contributed by atoms with Gasteiger partial charge in [-0.2, -0.15) is 0 Å². The van der Waals surface area contributed by atoms with Crippen LogP contribution in [0.5, 0.6) is 0 Å². The van der Waals surface area contributed by atoms with Crippen LogP contribution < -0.4 is 5.32 Å². The molecule has 3 rings (SSSR count). The van der Waals surface area contributed by atoms with Crippen molar-refractivity contribution < 1.29 is 14.1 Å². The monoisotopic (exact) mass is 315 g/mol. The molecule has 0 spiro atoms. The van der Waals surface area contributed by atoms with E-state index in [1.807, 2.05) is 44.2 Å². The first-order chi connectivity index (χ1) is 11.1. The normalized spacial score (nSPS) is 18.0. The first kappa shape index (κ1) is 15.6. The van der Waals surface area contributed by atoms with Crippen LogP contribution in [0, 0.1) is 6.92 Å². The zero-order valence-electron chi connectivity index (χ0n) is 13.4. The lowest BCUT2D eigenvalue weighted by atomic mass is 10.1. The van der Waals surface area contributed by atoms with E-state index in [0.29, 0.717) is 32.0 Å². The molecule has 1 aliphatic rings. The van der Waals surface area contributed by atoms with Gasteiger partial charge < -0.3 is 19.5 Å². The lowest BCUT2D eigenvalue weighted by Gasteiger charge is -2.31. The van der Waals surface area contributed by atoms with Crippen molar-refractivity contribution in [2.75, 3.05) is 19.7 Å². The summed E-state index contributed by atoms with van der Waals surface area (Å²) in [7, 11) is 0. The molecule has 23 heavy (non-hydrogen) atoms. The van der Waals surface area contributed by atoms with Crippen LogP contribution in [0.4, 0.5) is 4.79 Å². The summed E-state index contributed by atoms with van der Waals surface area (Å²) in [4.78, 5) is 13.9. The number of nitrogens with zero attached hydrogens (tertiary/aromatic N) is 2. The summed E-state index contributed by atoms with van der Waals surface area (Å²) in [5.41, 5.74) is 2.97. The van der Waals surface area contributed by atoms with Crippen molar-refractivity contribution in [3.8, 4) is 11.3 Å². The molecule has 0 radical (unpaired) electrons. The van der Waals surface area contributed by atoms with Crippen molar-refractivity contribution in [2.24, 2.45) is 0 Å². The van der Waals surface area contributed by atoms with Gasteiger partial charge >= 0.3 is 6.03 Å². The highest BCUT2D eigenvalue weighted by molar-refractivity contribution is 5.74. The molecule has 2 heterocycles. The average Bonchev–Trinajstić information content (AvgIpc) is 3.02. The van der Waals surface area contributed by atoms with Crippen molar-refractivity contribution >= 4 is 6.03 Å². The van der Waals surface area contributed by atoms with Crippen LogP contribution in [-0.2, 0) is 11.3 Å². The zero-order valence-corrected chi connectivity index (χ0v) is 13.4. The average molecular weight is 315 g/mol. The van der Waals surface area contributed by atoms with Gasteiger partial charge in [0.05, 0.1) is 19.3 Å². The number of benzene rings is 1. The van der Waals surface area contributed by atoms with E-state index in [9.17, 15) is 4.79 Å². The molecule has 6 heteroatoms. The van der Waals surface area contributed by atoms with Gasteiger partial charge in [-0.1, -0.05) is 35.0 Å². The Kier molecular flexibility index (Phi) is 4.62. The molecule has 0 unspecified atom stereocenters. The van der Waals surface area contributed by atoms with Gasteiger partial charge in [0.25, 0.3) is 0 Å². The Hall–Kier alpha value is -2.34. The van der Waals surface area contributed by atoms with Crippen molar-refractivity contribution in [2.45, 2.75) is 26.5 Å². The third-order valence-corrected chi connectivity index (χ3v) is 3.85. The number of hydrogen-bond donors (Lipinski definition) is 1. The number of carbonyl (C=O) groups is 1. The van der Waals surface area contributed by atoms with Gasteiger partial charge in [-0.15, -0.1) is 0 Å². The molecule has 1 aliphatic heterocycles. The standard InChI is InChI=1S/C17H21N3O3/c1-12-3-5-14(6-4-12)16-9-15(23-19-16)10-18-17(21)20-7-8-22-13(2)11-20/h3-6,9,13H,7-8,10-11H2,1-2H3,(H,18,21)/t13-/m1/s1. The second-order valence-electron chi connectivity index (χ2n) is 5.83. The molecule has 122 valence electrons. The maximum atomic E-state index is 12.1. The van der Waals surface area contributed by atoms with Crippen LogP contribution in [0.15, 0.2) is 34.9 Å². The Balaban J connectivity index is 1.56. The molecule has 1 aromatic heterocycles. The van der Waals surface area contributed by atoms with E-state index in [-0.39, 0.29) is 12.1 Å². The highest BCUT2D eigenvalue weighted by Crippen LogP contribution is 2.19. The molecule has 1 saturated heterocycles. The predicted molar refractivity (Wildman–Crippen MR) is 85.9 cm³/mol. The van der Waals surface area contributed by atoms with Crippen molar-refractivity contribution in [1.82, 2.24) is 15.4 Å². The number of aryl methyl sites for hydroxylation is 1. The van der Waals surface area contributed by atoms with Gasteiger partial charge in [0.2, 0.25) is 0 Å². The fourth-order valence-electron chi connectivity index (χ4n) is 2.53. The number of hydrogen-bond acceptors (Lipinski definition) is 4. The summed E-state index contributed by atoms with van der Waals surface area (Å²) in [6.45, 7) is 6.12. The quantitative estimate of drug-likeness (QED) is 0.945. The summed E-state index contributed by atoms with van der Waals surface area (Å²) in [6, 6.07) is 9.83. The van der Waals surface area contributed by atoms with E-state index in [0.717, 1.165) is 11.3 Å². The minimum absolute atomic E-state index is 0.0768. The molecule has 2 amide bonds. The number of morpholine rings is 1. The van der Waals surface area contributed by atoms with Crippen LogP contribution in [0.3, 0.4) is 0 Å². The molecule has 1 aromatic carbocycles. The van der Waals surface area contributed by atoms with Crippen LogP contribution in [0.1, 0.15) is 18.2 Å². The first-order valence-corrected chi connectivity index (χ1v) is 7.79. The Labute approximate surface area is 135 Å². The van der Waals surface area contributed by atoms with Crippen molar-refractivity contribution in [1.29, 1.82) is 0 Å². The SMILES string of the molecule is Cc1ccc(-c2cc(CNC(=O)N3CCO[C@H](C)C3)on2)cc1. The minimum Gasteiger partial charge on any atom is -0.375 e. The first-order valence-electron chi connectivity index (χ1n) is 7.79. The Morgan fingerprint density at radius 1 is 1.39 bits per heavy atom. The lowest BCUT2D eigenvalue weighted by molar-refractivity contribution is -0.00358. The molecule has 6 nitrogen and oxygen atoms in total. The van der Waals surface area contributed by atoms with Crippen LogP contribution in [0.25, 0.3) is 11.3 Å². The van der Waals surface area contributed by atoms with Crippen molar-refractivity contribution in [3.05, 3.63) is 41.7 Å². The topological polar surface area (TPSA) is 67.6 Å². The molecule has 0 aliphatic carbocycles. The minimum atomic E-state index is -0.103. The van der Waals surface area contributed by atoms with Crippen LogP contribution >= 0.6 is 0 Å². The zero-order chi connectivity index (χ0) is 16.2. The number of carbonyl (C=O) groups excluding carboxylic acids is 1. The largest absolute Gasteiger partial charge is 0.375 e. The van der Waals surface area contributed by atoms with E-state index in [1.165, 1.54) is 5.56 Å². The third kappa shape index (κ3) is 3.90. The highest BCUT2D eigenvalue weighted by atomic mass is 16.5. The third-order valence-electron chi connectivity index (χ3n) is 3.85. The van der Waals surface area contributed by atoms with Gasteiger partial charge in [0, 0.05) is 24.7 Å². The maximum Gasteiger partial charge on any atom is 0.317 e. The molecule has 1 fully saturated rings. The van der Waals surface area contributed by atoms with E-state index in [1.54, 1.807) is 4.90 Å². The fraction of sp³-hybridized carbons (Fsp3) is 0.412. The van der Waals surface area contributed by atoms with Crippen molar-refractivity contribution in [3.63, 3.8) is 0 Å².